The minimum atomic E-state index is -0.328. The molecule has 0 radical (unpaired) electrons. The molecule has 0 saturated heterocycles. The zero-order chi connectivity index (χ0) is 12.8. The summed E-state index contributed by atoms with van der Waals surface area (Å²) >= 11 is 1.75. The number of hydrogen-bond acceptors (Lipinski definition) is 3. The number of rotatable bonds is 5. The number of anilines is 1. The SMILES string of the molecule is CCC(CSC)N(C)c1ccc(C#N)cc1F. The summed E-state index contributed by atoms with van der Waals surface area (Å²) in [6.07, 6.45) is 3.02. The van der Waals surface area contributed by atoms with Crippen molar-refractivity contribution in [1.29, 1.82) is 5.26 Å². The van der Waals surface area contributed by atoms with E-state index in [1.807, 2.05) is 24.3 Å². The topological polar surface area (TPSA) is 27.0 Å². The van der Waals surface area contributed by atoms with E-state index in [1.165, 1.54) is 6.07 Å². The Morgan fingerprint density at radius 1 is 1.53 bits per heavy atom. The van der Waals surface area contributed by atoms with E-state index < -0.39 is 0 Å². The molecule has 0 aliphatic heterocycles. The fourth-order valence-electron chi connectivity index (χ4n) is 1.76. The van der Waals surface area contributed by atoms with E-state index in [2.05, 4.69) is 6.92 Å². The van der Waals surface area contributed by atoms with Crippen molar-refractivity contribution in [1.82, 2.24) is 0 Å². The van der Waals surface area contributed by atoms with Crippen LogP contribution in [0.2, 0.25) is 0 Å². The average molecular weight is 252 g/mol. The number of thioether (sulfide) groups is 1. The third-order valence-electron chi connectivity index (χ3n) is 2.83. The van der Waals surface area contributed by atoms with Crippen molar-refractivity contribution in [2.24, 2.45) is 0 Å². The molecule has 0 aliphatic carbocycles. The van der Waals surface area contributed by atoms with Crippen LogP contribution in [0, 0.1) is 17.1 Å². The summed E-state index contributed by atoms with van der Waals surface area (Å²) in [6.45, 7) is 2.10. The molecule has 92 valence electrons. The van der Waals surface area contributed by atoms with Gasteiger partial charge in [-0.1, -0.05) is 6.92 Å². The van der Waals surface area contributed by atoms with Crippen molar-refractivity contribution in [3.63, 3.8) is 0 Å². The summed E-state index contributed by atoms with van der Waals surface area (Å²) in [6, 6.07) is 6.87. The molecule has 1 atom stereocenters. The number of hydrogen-bond donors (Lipinski definition) is 0. The van der Waals surface area contributed by atoms with Crippen LogP contribution in [0.3, 0.4) is 0 Å². The average Bonchev–Trinajstić information content (AvgIpc) is 2.35. The van der Waals surface area contributed by atoms with Gasteiger partial charge in [-0.15, -0.1) is 0 Å². The molecular formula is C13H17FN2S. The highest BCUT2D eigenvalue weighted by Crippen LogP contribution is 2.23. The molecule has 0 spiro atoms. The second kappa shape index (κ2) is 6.51. The summed E-state index contributed by atoms with van der Waals surface area (Å²) in [7, 11) is 1.90. The van der Waals surface area contributed by atoms with E-state index in [4.69, 9.17) is 5.26 Å². The van der Waals surface area contributed by atoms with Gasteiger partial charge in [0.25, 0.3) is 0 Å². The maximum atomic E-state index is 13.8. The lowest BCUT2D eigenvalue weighted by molar-refractivity contribution is 0.602. The second-order valence-corrected chi connectivity index (χ2v) is 4.82. The number of benzene rings is 1. The lowest BCUT2D eigenvalue weighted by Crippen LogP contribution is -2.33. The minimum absolute atomic E-state index is 0.312. The standard InChI is InChI=1S/C13H17FN2S/c1-4-11(9-17-3)16(2)13-6-5-10(8-15)7-12(13)14/h5-7,11H,4,9H2,1-3H3. The van der Waals surface area contributed by atoms with Gasteiger partial charge in [-0.05, 0) is 30.9 Å². The third kappa shape index (κ3) is 3.37. The van der Waals surface area contributed by atoms with Gasteiger partial charge in [0.2, 0.25) is 0 Å². The van der Waals surface area contributed by atoms with Gasteiger partial charge in [0.15, 0.2) is 0 Å². The van der Waals surface area contributed by atoms with Crippen molar-refractivity contribution < 1.29 is 4.39 Å². The monoisotopic (exact) mass is 252 g/mol. The van der Waals surface area contributed by atoms with Crippen LogP contribution >= 0.6 is 11.8 Å². The van der Waals surface area contributed by atoms with Crippen LogP contribution in [-0.4, -0.2) is 25.1 Å². The van der Waals surface area contributed by atoms with Gasteiger partial charge >= 0.3 is 0 Å². The molecule has 0 amide bonds. The Balaban J connectivity index is 2.95. The van der Waals surface area contributed by atoms with E-state index in [0.717, 1.165) is 12.2 Å². The molecule has 0 aliphatic rings. The lowest BCUT2D eigenvalue weighted by Gasteiger charge is -2.29. The maximum Gasteiger partial charge on any atom is 0.147 e. The van der Waals surface area contributed by atoms with Crippen LogP contribution in [0.5, 0.6) is 0 Å². The molecular weight excluding hydrogens is 235 g/mol. The normalized spacial score (nSPS) is 11.9. The first-order valence-electron chi connectivity index (χ1n) is 5.55. The lowest BCUT2D eigenvalue weighted by atomic mass is 10.1. The molecule has 0 N–H and O–H groups in total. The molecule has 1 aromatic rings. The Hall–Kier alpha value is -1.21. The number of halogens is 1. The largest absolute Gasteiger partial charge is 0.368 e. The Bertz CT molecular complexity index is 414. The van der Waals surface area contributed by atoms with Crippen LogP contribution in [0.15, 0.2) is 18.2 Å². The first-order chi connectivity index (χ1) is 8.13. The second-order valence-electron chi connectivity index (χ2n) is 3.91. The van der Waals surface area contributed by atoms with Crippen LogP contribution in [-0.2, 0) is 0 Å². The molecule has 0 fully saturated rings. The summed E-state index contributed by atoms with van der Waals surface area (Å²) in [5.74, 6) is 0.637. The number of nitriles is 1. The zero-order valence-electron chi connectivity index (χ0n) is 10.4. The summed E-state index contributed by atoms with van der Waals surface area (Å²) in [5, 5.41) is 8.70. The third-order valence-corrected chi connectivity index (χ3v) is 3.55. The molecule has 0 heterocycles. The van der Waals surface area contributed by atoms with Gasteiger partial charge < -0.3 is 4.90 Å². The van der Waals surface area contributed by atoms with E-state index in [0.29, 0.717) is 17.3 Å². The van der Waals surface area contributed by atoms with Crippen LogP contribution < -0.4 is 4.90 Å². The van der Waals surface area contributed by atoms with Crippen molar-refractivity contribution >= 4 is 17.4 Å². The molecule has 0 saturated carbocycles. The highest BCUT2D eigenvalue weighted by molar-refractivity contribution is 7.98. The van der Waals surface area contributed by atoms with Gasteiger partial charge in [-0.25, -0.2) is 4.39 Å². The van der Waals surface area contributed by atoms with Crippen molar-refractivity contribution in [2.45, 2.75) is 19.4 Å². The summed E-state index contributed by atoms with van der Waals surface area (Å²) in [4.78, 5) is 1.95. The van der Waals surface area contributed by atoms with Crippen LogP contribution in [0.1, 0.15) is 18.9 Å². The van der Waals surface area contributed by atoms with Gasteiger partial charge in [0.05, 0.1) is 17.3 Å². The highest BCUT2D eigenvalue weighted by atomic mass is 32.2. The van der Waals surface area contributed by atoms with Gasteiger partial charge in [0.1, 0.15) is 5.82 Å². The summed E-state index contributed by atoms with van der Waals surface area (Å²) < 4.78 is 13.8. The smallest absolute Gasteiger partial charge is 0.147 e. The predicted octanol–water partition coefficient (Wildman–Crippen LogP) is 3.28. The Morgan fingerprint density at radius 3 is 2.71 bits per heavy atom. The highest BCUT2D eigenvalue weighted by Gasteiger charge is 2.16. The fourth-order valence-corrected chi connectivity index (χ4v) is 2.60. The van der Waals surface area contributed by atoms with E-state index in [9.17, 15) is 4.39 Å². The van der Waals surface area contributed by atoms with Gasteiger partial charge in [0, 0.05) is 18.8 Å². The van der Waals surface area contributed by atoms with E-state index in [-0.39, 0.29) is 5.82 Å². The molecule has 1 rings (SSSR count). The Morgan fingerprint density at radius 2 is 2.24 bits per heavy atom. The first-order valence-corrected chi connectivity index (χ1v) is 6.94. The van der Waals surface area contributed by atoms with Gasteiger partial charge in [-0.2, -0.15) is 17.0 Å². The molecule has 0 bridgehead atoms. The maximum absolute atomic E-state index is 13.8. The van der Waals surface area contributed by atoms with E-state index >= 15 is 0 Å². The van der Waals surface area contributed by atoms with E-state index in [1.54, 1.807) is 23.9 Å². The first kappa shape index (κ1) is 13.9. The predicted molar refractivity (Wildman–Crippen MR) is 72.0 cm³/mol. The number of nitrogens with zero attached hydrogens (tertiary/aromatic N) is 2. The van der Waals surface area contributed by atoms with Gasteiger partial charge in [-0.3, -0.25) is 0 Å². The Labute approximate surface area is 106 Å². The van der Waals surface area contributed by atoms with Crippen LogP contribution in [0.25, 0.3) is 0 Å². The molecule has 4 heteroatoms. The van der Waals surface area contributed by atoms with Crippen LogP contribution in [0.4, 0.5) is 10.1 Å². The van der Waals surface area contributed by atoms with Crippen molar-refractivity contribution in [3.8, 4) is 6.07 Å². The zero-order valence-corrected chi connectivity index (χ0v) is 11.2. The fraction of sp³-hybridized carbons (Fsp3) is 0.462. The quantitative estimate of drug-likeness (QED) is 0.804. The molecule has 0 aromatic heterocycles. The van der Waals surface area contributed by atoms with Crippen molar-refractivity contribution in [3.05, 3.63) is 29.6 Å². The molecule has 1 aromatic carbocycles. The molecule has 1 unspecified atom stereocenters. The molecule has 2 nitrogen and oxygen atoms in total. The minimum Gasteiger partial charge on any atom is -0.368 e. The summed E-state index contributed by atoms with van der Waals surface area (Å²) in [5.41, 5.74) is 0.919. The molecule has 17 heavy (non-hydrogen) atoms. The van der Waals surface area contributed by atoms with Crippen molar-refractivity contribution in [2.75, 3.05) is 24.0 Å². The Kier molecular flexibility index (Phi) is 5.30.